The van der Waals surface area contributed by atoms with Crippen molar-refractivity contribution in [1.29, 1.82) is 0 Å². The van der Waals surface area contributed by atoms with Gasteiger partial charge in [-0.3, -0.25) is 4.79 Å². The average Bonchev–Trinajstić information content (AvgIpc) is 2.77. The Morgan fingerprint density at radius 3 is 2.94 bits per heavy atom. The highest BCUT2D eigenvalue weighted by Crippen LogP contribution is 2.29. The Hall–Kier alpha value is -1.07. The number of hydrogen-bond donors (Lipinski definition) is 2. The predicted octanol–water partition coefficient (Wildman–Crippen LogP) is 1.40. The highest BCUT2D eigenvalue weighted by atomic mass is 79.9. The zero-order valence-electron chi connectivity index (χ0n) is 9.40. The van der Waals surface area contributed by atoms with E-state index < -0.39 is 0 Å². The fourth-order valence-electron chi connectivity index (χ4n) is 2.21. The fourth-order valence-corrected chi connectivity index (χ4v) is 2.71. The van der Waals surface area contributed by atoms with E-state index in [-0.39, 0.29) is 18.6 Å². The molecule has 1 unspecified atom stereocenters. The number of amides is 1. The van der Waals surface area contributed by atoms with Gasteiger partial charge in [0.15, 0.2) is 0 Å². The minimum absolute atomic E-state index is 0.000110. The van der Waals surface area contributed by atoms with Crippen LogP contribution in [0, 0.1) is 0 Å². The summed E-state index contributed by atoms with van der Waals surface area (Å²) in [7, 11) is 0. The van der Waals surface area contributed by atoms with Crippen LogP contribution in [-0.2, 0) is 11.4 Å². The third-order valence-electron chi connectivity index (χ3n) is 3.12. The number of hydrogen-bond acceptors (Lipinski definition) is 3. The molecule has 5 heteroatoms. The highest BCUT2D eigenvalue weighted by molar-refractivity contribution is 9.10. The summed E-state index contributed by atoms with van der Waals surface area (Å²) in [5, 5.41) is 9.10. The van der Waals surface area contributed by atoms with Gasteiger partial charge < -0.3 is 15.7 Å². The van der Waals surface area contributed by atoms with Gasteiger partial charge in [0.25, 0.3) is 0 Å². The third kappa shape index (κ3) is 2.45. The van der Waals surface area contributed by atoms with Crippen molar-refractivity contribution in [3.63, 3.8) is 0 Å². The Bertz CT molecular complexity index is 437. The van der Waals surface area contributed by atoms with Crippen LogP contribution in [0.4, 0.5) is 5.69 Å². The number of nitrogens with two attached hydrogens (primary N) is 1. The van der Waals surface area contributed by atoms with E-state index >= 15 is 0 Å². The van der Waals surface area contributed by atoms with Crippen molar-refractivity contribution in [3.05, 3.63) is 28.2 Å². The summed E-state index contributed by atoms with van der Waals surface area (Å²) >= 11 is 3.41. The van der Waals surface area contributed by atoms with Crippen LogP contribution in [0.25, 0.3) is 0 Å². The quantitative estimate of drug-likeness (QED) is 0.886. The molecule has 1 atom stereocenters. The number of aliphatic hydroxyl groups is 1. The van der Waals surface area contributed by atoms with Crippen LogP contribution >= 0.6 is 15.9 Å². The second-order valence-electron chi connectivity index (χ2n) is 4.19. The van der Waals surface area contributed by atoms with E-state index in [0.29, 0.717) is 0 Å². The lowest BCUT2D eigenvalue weighted by molar-refractivity contribution is -0.119. The SMILES string of the molecule is NC(=O)C1CCCN1c1ccc(CO)c(Br)c1. The van der Waals surface area contributed by atoms with Crippen molar-refractivity contribution in [2.75, 3.05) is 11.4 Å². The van der Waals surface area contributed by atoms with E-state index in [9.17, 15) is 4.79 Å². The van der Waals surface area contributed by atoms with Crippen molar-refractivity contribution in [1.82, 2.24) is 0 Å². The number of carbonyl (C=O) groups is 1. The Morgan fingerprint density at radius 2 is 2.35 bits per heavy atom. The minimum Gasteiger partial charge on any atom is -0.392 e. The summed E-state index contributed by atoms with van der Waals surface area (Å²) < 4.78 is 0.854. The van der Waals surface area contributed by atoms with Crippen LogP contribution in [0.5, 0.6) is 0 Å². The van der Waals surface area contributed by atoms with Crippen LogP contribution in [0.1, 0.15) is 18.4 Å². The van der Waals surface area contributed by atoms with Crippen LogP contribution in [0.2, 0.25) is 0 Å². The Morgan fingerprint density at radius 1 is 1.59 bits per heavy atom. The first-order valence-electron chi connectivity index (χ1n) is 5.58. The molecule has 3 N–H and O–H groups in total. The van der Waals surface area contributed by atoms with Gasteiger partial charge in [0.05, 0.1) is 6.61 Å². The molecule has 0 radical (unpaired) electrons. The maximum atomic E-state index is 11.3. The molecule has 1 amide bonds. The standard InChI is InChI=1S/C12H15BrN2O2/c13-10-6-9(4-3-8(10)7-16)15-5-1-2-11(15)12(14)17/h3-4,6,11,16H,1-2,5,7H2,(H2,14,17). The monoisotopic (exact) mass is 298 g/mol. The topological polar surface area (TPSA) is 66.6 Å². The number of carbonyl (C=O) groups excluding carboxylic acids is 1. The lowest BCUT2D eigenvalue weighted by Gasteiger charge is -2.24. The van der Waals surface area contributed by atoms with Crippen molar-refractivity contribution in [3.8, 4) is 0 Å². The molecule has 1 aliphatic heterocycles. The minimum atomic E-state index is -0.273. The van der Waals surface area contributed by atoms with Crippen molar-refractivity contribution in [2.45, 2.75) is 25.5 Å². The molecule has 1 fully saturated rings. The van der Waals surface area contributed by atoms with Gasteiger partial charge in [-0.1, -0.05) is 22.0 Å². The molecular formula is C12H15BrN2O2. The number of primary amides is 1. The van der Waals surface area contributed by atoms with E-state index in [1.54, 1.807) is 0 Å². The molecule has 4 nitrogen and oxygen atoms in total. The number of benzene rings is 1. The van der Waals surface area contributed by atoms with E-state index in [1.165, 1.54) is 0 Å². The summed E-state index contributed by atoms with van der Waals surface area (Å²) in [6, 6.07) is 5.49. The van der Waals surface area contributed by atoms with Crippen molar-refractivity contribution < 1.29 is 9.90 Å². The first-order valence-corrected chi connectivity index (χ1v) is 6.38. The summed E-state index contributed by atoms with van der Waals surface area (Å²) in [5.74, 6) is -0.273. The lowest BCUT2D eigenvalue weighted by Crippen LogP contribution is -2.40. The molecule has 0 aromatic heterocycles. The largest absolute Gasteiger partial charge is 0.392 e. The first-order chi connectivity index (χ1) is 8.13. The molecule has 1 saturated heterocycles. The first kappa shape index (κ1) is 12.4. The molecule has 0 aliphatic carbocycles. The van der Waals surface area contributed by atoms with Gasteiger partial charge in [-0.15, -0.1) is 0 Å². The number of aliphatic hydroxyl groups excluding tert-OH is 1. The zero-order chi connectivity index (χ0) is 12.4. The molecule has 1 aromatic carbocycles. The summed E-state index contributed by atoms with van der Waals surface area (Å²) in [4.78, 5) is 13.3. The zero-order valence-corrected chi connectivity index (χ0v) is 11.0. The van der Waals surface area contributed by atoms with E-state index in [0.717, 1.165) is 35.1 Å². The second-order valence-corrected chi connectivity index (χ2v) is 5.04. The van der Waals surface area contributed by atoms with Gasteiger partial charge in [0.1, 0.15) is 6.04 Å². The summed E-state index contributed by atoms with van der Waals surface area (Å²) in [6.45, 7) is 0.846. The van der Waals surface area contributed by atoms with Gasteiger partial charge in [-0.2, -0.15) is 0 Å². The van der Waals surface area contributed by atoms with E-state index in [4.69, 9.17) is 10.8 Å². The Labute approximate surface area is 109 Å². The number of rotatable bonds is 3. The van der Waals surface area contributed by atoms with Crippen LogP contribution in [0.15, 0.2) is 22.7 Å². The predicted molar refractivity (Wildman–Crippen MR) is 69.6 cm³/mol. The Balaban J connectivity index is 2.27. The van der Waals surface area contributed by atoms with Gasteiger partial charge in [-0.05, 0) is 30.5 Å². The molecule has 0 spiro atoms. The Kier molecular flexibility index (Phi) is 3.69. The molecule has 17 heavy (non-hydrogen) atoms. The van der Waals surface area contributed by atoms with Crippen LogP contribution in [-0.4, -0.2) is 23.6 Å². The maximum absolute atomic E-state index is 11.3. The van der Waals surface area contributed by atoms with E-state index in [1.807, 2.05) is 23.1 Å². The normalized spacial score (nSPS) is 19.6. The molecule has 0 bridgehead atoms. The number of nitrogens with zero attached hydrogens (tertiary/aromatic N) is 1. The third-order valence-corrected chi connectivity index (χ3v) is 3.86. The summed E-state index contributed by atoms with van der Waals surface area (Å²) in [6.07, 6.45) is 1.79. The van der Waals surface area contributed by atoms with Gasteiger partial charge in [-0.25, -0.2) is 0 Å². The van der Waals surface area contributed by atoms with Gasteiger partial charge in [0.2, 0.25) is 5.91 Å². The number of anilines is 1. The molecular weight excluding hydrogens is 284 g/mol. The molecule has 2 rings (SSSR count). The highest BCUT2D eigenvalue weighted by Gasteiger charge is 2.29. The van der Waals surface area contributed by atoms with Crippen LogP contribution < -0.4 is 10.6 Å². The smallest absolute Gasteiger partial charge is 0.240 e. The number of halogens is 1. The molecule has 92 valence electrons. The maximum Gasteiger partial charge on any atom is 0.240 e. The lowest BCUT2D eigenvalue weighted by atomic mass is 10.1. The van der Waals surface area contributed by atoms with Crippen molar-refractivity contribution in [2.24, 2.45) is 5.73 Å². The second kappa shape index (κ2) is 5.06. The molecule has 0 saturated carbocycles. The molecule has 1 aromatic rings. The average molecular weight is 299 g/mol. The van der Waals surface area contributed by atoms with Gasteiger partial charge >= 0.3 is 0 Å². The van der Waals surface area contributed by atoms with Crippen molar-refractivity contribution >= 4 is 27.5 Å². The fraction of sp³-hybridized carbons (Fsp3) is 0.417. The van der Waals surface area contributed by atoms with Gasteiger partial charge in [0, 0.05) is 16.7 Å². The molecule has 1 aliphatic rings. The van der Waals surface area contributed by atoms with Crippen LogP contribution in [0.3, 0.4) is 0 Å². The van der Waals surface area contributed by atoms with E-state index in [2.05, 4.69) is 15.9 Å². The summed E-state index contributed by atoms with van der Waals surface area (Å²) in [5.41, 5.74) is 7.19. The molecule has 1 heterocycles.